The minimum absolute atomic E-state index is 0.0231. The molecular weight excluding hydrogens is 270 g/mol. The molecule has 1 aromatic rings. The van der Waals surface area contributed by atoms with E-state index in [1.165, 1.54) is 0 Å². The van der Waals surface area contributed by atoms with Gasteiger partial charge in [0.05, 0.1) is 25.0 Å². The van der Waals surface area contributed by atoms with Gasteiger partial charge in [-0.2, -0.15) is 5.26 Å². The van der Waals surface area contributed by atoms with Crippen molar-refractivity contribution in [3.8, 4) is 11.8 Å². The van der Waals surface area contributed by atoms with Gasteiger partial charge in [-0.15, -0.1) is 0 Å². The average molecular weight is 283 g/mol. The molecule has 1 saturated heterocycles. The molecule has 0 aromatic carbocycles. The molecule has 0 saturated carbocycles. The van der Waals surface area contributed by atoms with E-state index >= 15 is 0 Å². The zero-order valence-corrected chi connectivity index (χ0v) is 10.3. The average Bonchev–Trinajstić information content (AvgIpc) is 2.80. The van der Waals surface area contributed by atoms with Gasteiger partial charge in [0.1, 0.15) is 18.9 Å². The molecule has 1 fully saturated rings. The predicted octanol–water partition coefficient (Wildman–Crippen LogP) is -2.12. The fourth-order valence-corrected chi connectivity index (χ4v) is 2.07. The molecule has 0 aliphatic carbocycles. The minimum Gasteiger partial charge on any atom is -0.502 e. The highest BCUT2D eigenvalue weighted by Crippen LogP contribution is 2.27. The number of aromatic hydroxyl groups is 1. The second-order valence-electron chi connectivity index (χ2n) is 4.37. The molecule has 0 bridgehead atoms. The van der Waals surface area contributed by atoms with Gasteiger partial charge < -0.3 is 20.1 Å². The highest BCUT2D eigenvalue weighted by atomic mass is 16.5. The number of aliphatic hydroxyl groups is 2. The van der Waals surface area contributed by atoms with E-state index in [9.17, 15) is 19.8 Å². The summed E-state index contributed by atoms with van der Waals surface area (Å²) in [6, 6.07) is 1.65. The normalized spacial score (nSPS) is 25.6. The van der Waals surface area contributed by atoms with E-state index in [4.69, 9.17) is 15.1 Å². The fourth-order valence-electron chi connectivity index (χ4n) is 2.07. The van der Waals surface area contributed by atoms with Crippen LogP contribution in [0.3, 0.4) is 0 Å². The molecular formula is C11H13N3O6. The SMILES string of the molecule is N#CCn1c(=O)c(O)cn([C@H]2C[C@H](O)[C@@H](CO)O2)c1=O. The second kappa shape index (κ2) is 5.46. The smallest absolute Gasteiger partial charge is 0.334 e. The van der Waals surface area contributed by atoms with Gasteiger partial charge in [0.25, 0.3) is 5.56 Å². The monoisotopic (exact) mass is 283 g/mol. The van der Waals surface area contributed by atoms with Gasteiger partial charge in [0.2, 0.25) is 0 Å². The van der Waals surface area contributed by atoms with Crippen molar-refractivity contribution in [1.82, 2.24) is 9.13 Å². The maximum atomic E-state index is 12.1. The topological polar surface area (TPSA) is 138 Å². The summed E-state index contributed by atoms with van der Waals surface area (Å²) in [7, 11) is 0. The first-order valence-electron chi connectivity index (χ1n) is 5.86. The Bertz CT molecular complexity index is 658. The van der Waals surface area contributed by atoms with Crippen LogP contribution in [0.4, 0.5) is 0 Å². The molecule has 9 nitrogen and oxygen atoms in total. The molecule has 1 aromatic heterocycles. The highest BCUT2D eigenvalue weighted by molar-refractivity contribution is 5.12. The van der Waals surface area contributed by atoms with Crippen molar-refractivity contribution in [3.05, 3.63) is 27.0 Å². The third-order valence-corrected chi connectivity index (χ3v) is 3.10. The maximum absolute atomic E-state index is 12.1. The van der Waals surface area contributed by atoms with E-state index in [1.54, 1.807) is 6.07 Å². The van der Waals surface area contributed by atoms with Crippen molar-refractivity contribution in [3.63, 3.8) is 0 Å². The lowest BCUT2D eigenvalue weighted by atomic mass is 10.2. The van der Waals surface area contributed by atoms with Crippen LogP contribution in [-0.4, -0.2) is 43.3 Å². The van der Waals surface area contributed by atoms with Gasteiger partial charge in [0, 0.05) is 6.42 Å². The Labute approximate surface area is 112 Å². The van der Waals surface area contributed by atoms with Crippen LogP contribution in [0.15, 0.2) is 15.8 Å². The third-order valence-electron chi connectivity index (χ3n) is 3.10. The van der Waals surface area contributed by atoms with Gasteiger partial charge >= 0.3 is 5.69 Å². The van der Waals surface area contributed by atoms with Crippen LogP contribution in [0, 0.1) is 11.3 Å². The van der Waals surface area contributed by atoms with Gasteiger partial charge in [-0.1, -0.05) is 0 Å². The van der Waals surface area contributed by atoms with Gasteiger partial charge in [-0.3, -0.25) is 9.36 Å². The zero-order chi connectivity index (χ0) is 14.9. The molecule has 0 radical (unpaired) electrons. The molecule has 3 N–H and O–H groups in total. The fraction of sp³-hybridized carbons (Fsp3) is 0.545. The summed E-state index contributed by atoms with van der Waals surface area (Å²) in [5, 5.41) is 36.7. The summed E-state index contributed by atoms with van der Waals surface area (Å²) in [6.45, 7) is -0.930. The summed E-state index contributed by atoms with van der Waals surface area (Å²) >= 11 is 0. The Hall–Kier alpha value is -2.15. The van der Waals surface area contributed by atoms with Gasteiger partial charge in [0.15, 0.2) is 5.75 Å². The molecule has 9 heteroatoms. The molecule has 0 amide bonds. The summed E-state index contributed by atoms with van der Waals surface area (Å²) in [6.07, 6.45) is -1.81. The Morgan fingerprint density at radius 3 is 2.75 bits per heavy atom. The number of rotatable bonds is 3. The minimum atomic E-state index is -0.968. The predicted molar refractivity (Wildman–Crippen MR) is 63.9 cm³/mol. The van der Waals surface area contributed by atoms with E-state index in [0.717, 1.165) is 10.8 Å². The van der Waals surface area contributed by atoms with E-state index in [0.29, 0.717) is 4.57 Å². The number of hydrogen-bond donors (Lipinski definition) is 3. The Morgan fingerprint density at radius 2 is 2.20 bits per heavy atom. The summed E-state index contributed by atoms with van der Waals surface area (Å²) in [5.41, 5.74) is -1.80. The number of ether oxygens (including phenoxy) is 1. The van der Waals surface area contributed by atoms with E-state index in [1.807, 2.05) is 0 Å². The van der Waals surface area contributed by atoms with E-state index in [-0.39, 0.29) is 6.42 Å². The van der Waals surface area contributed by atoms with Crippen LogP contribution in [0.25, 0.3) is 0 Å². The molecule has 2 heterocycles. The van der Waals surface area contributed by atoms with Gasteiger partial charge in [-0.05, 0) is 0 Å². The molecule has 0 spiro atoms. The summed E-state index contributed by atoms with van der Waals surface area (Å²) < 4.78 is 6.76. The maximum Gasteiger partial charge on any atom is 0.334 e. The van der Waals surface area contributed by atoms with Crippen LogP contribution >= 0.6 is 0 Å². The first kappa shape index (κ1) is 14.3. The van der Waals surface area contributed by atoms with Crippen molar-refractivity contribution in [1.29, 1.82) is 5.26 Å². The second-order valence-corrected chi connectivity index (χ2v) is 4.37. The van der Waals surface area contributed by atoms with Crippen LogP contribution in [0.2, 0.25) is 0 Å². The summed E-state index contributed by atoms with van der Waals surface area (Å²) in [5.74, 6) is -0.703. The quantitative estimate of drug-likeness (QED) is 0.576. The lowest BCUT2D eigenvalue weighted by Crippen LogP contribution is -2.40. The van der Waals surface area contributed by atoms with Crippen molar-refractivity contribution in [2.45, 2.75) is 31.4 Å². The van der Waals surface area contributed by atoms with E-state index in [2.05, 4.69) is 0 Å². The Kier molecular flexibility index (Phi) is 3.89. The number of nitriles is 1. The Morgan fingerprint density at radius 1 is 1.50 bits per heavy atom. The largest absolute Gasteiger partial charge is 0.502 e. The highest BCUT2D eigenvalue weighted by Gasteiger charge is 2.35. The zero-order valence-electron chi connectivity index (χ0n) is 10.3. The first-order valence-corrected chi connectivity index (χ1v) is 5.86. The van der Waals surface area contributed by atoms with Gasteiger partial charge in [-0.25, -0.2) is 9.36 Å². The number of aliphatic hydroxyl groups excluding tert-OH is 2. The van der Waals surface area contributed by atoms with Crippen molar-refractivity contribution < 1.29 is 20.1 Å². The molecule has 2 rings (SSSR count). The lowest BCUT2D eigenvalue weighted by molar-refractivity contribution is -0.0464. The van der Waals surface area contributed by atoms with Crippen molar-refractivity contribution in [2.24, 2.45) is 0 Å². The molecule has 1 aliphatic rings. The van der Waals surface area contributed by atoms with Crippen LogP contribution in [0.5, 0.6) is 5.75 Å². The summed E-state index contributed by atoms with van der Waals surface area (Å²) in [4.78, 5) is 23.6. The molecule has 108 valence electrons. The van der Waals surface area contributed by atoms with Crippen LogP contribution in [0.1, 0.15) is 12.6 Å². The van der Waals surface area contributed by atoms with Crippen molar-refractivity contribution in [2.75, 3.05) is 6.61 Å². The number of nitrogens with zero attached hydrogens (tertiary/aromatic N) is 3. The van der Waals surface area contributed by atoms with Crippen molar-refractivity contribution >= 4 is 0 Å². The van der Waals surface area contributed by atoms with Crippen LogP contribution < -0.4 is 11.2 Å². The Balaban J connectivity index is 2.47. The number of hydrogen-bond acceptors (Lipinski definition) is 7. The standard InChI is InChI=1S/C11H13N3O6/c12-1-2-13-10(18)7(17)4-14(11(13)19)9-3-6(16)8(5-15)20-9/h4,6,8-9,15-17H,2-3,5H2/t6-,8+,9+/m0/s1. The third kappa shape index (κ3) is 2.32. The molecule has 20 heavy (non-hydrogen) atoms. The number of aromatic nitrogens is 2. The molecule has 1 aliphatic heterocycles. The van der Waals surface area contributed by atoms with Crippen LogP contribution in [-0.2, 0) is 11.3 Å². The van der Waals surface area contributed by atoms with E-state index < -0.39 is 48.6 Å². The molecule has 0 unspecified atom stereocenters. The molecule has 3 atom stereocenters. The first-order chi connectivity index (χ1) is 9.49. The lowest BCUT2D eigenvalue weighted by Gasteiger charge is -2.16.